The Morgan fingerprint density at radius 1 is 1.33 bits per heavy atom. The van der Waals surface area contributed by atoms with Crippen molar-refractivity contribution >= 4 is 11.8 Å². The van der Waals surface area contributed by atoms with E-state index < -0.39 is 0 Å². The molecule has 1 rings (SSSR count). The number of hydrazone groups is 1. The van der Waals surface area contributed by atoms with Gasteiger partial charge >= 0.3 is 0 Å². The maximum Gasteiger partial charge on any atom is 0.0998 e. The molecule has 0 aromatic heterocycles. The van der Waals surface area contributed by atoms with Crippen LogP contribution in [0.2, 0.25) is 0 Å². The number of nitriles is 1. The Labute approximate surface area is 89.9 Å². The Hall–Kier alpha value is -2.08. The summed E-state index contributed by atoms with van der Waals surface area (Å²) in [7, 11) is 3.66. The predicted octanol–water partition coefficient (Wildman–Crippen LogP) is 2.14. The van der Waals surface area contributed by atoms with E-state index in [4.69, 9.17) is 5.26 Å². The molecule has 0 amide bonds. The molecular formula is C12H13N3. The van der Waals surface area contributed by atoms with E-state index in [1.807, 2.05) is 44.4 Å². The SMILES string of the molecule is CN(C)N=CC=C(C#N)c1ccccc1. The average molecular weight is 199 g/mol. The summed E-state index contributed by atoms with van der Waals surface area (Å²) >= 11 is 0. The number of nitrogens with zero attached hydrogens (tertiary/aromatic N) is 3. The predicted molar refractivity (Wildman–Crippen MR) is 62.2 cm³/mol. The van der Waals surface area contributed by atoms with E-state index in [0.29, 0.717) is 5.57 Å². The molecule has 1 aromatic rings. The number of benzene rings is 1. The normalized spacial score (nSPS) is 11.4. The number of allylic oxidation sites excluding steroid dienone is 2. The molecule has 1 aromatic carbocycles. The molecule has 15 heavy (non-hydrogen) atoms. The van der Waals surface area contributed by atoms with Crippen molar-refractivity contribution in [3.63, 3.8) is 0 Å². The number of rotatable bonds is 3. The minimum absolute atomic E-state index is 0.612. The van der Waals surface area contributed by atoms with Gasteiger partial charge in [0.1, 0.15) is 0 Å². The van der Waals surface area contributed by atoms with Crippen molar-refractivity contribution in [2.45, 2.75) is 0 Å². The first-order chi connectivity index (χ1) is 7.24. The minimum Gasteiger partial charge on any atom is -0.303 e. The Morgan fingerprint density at radius 3 is 2.53 bits per heavy atom. The van der Waals surface area contributed by atoms with Gasteiger partial charge in [-0.1, -0.05) is 30.3 Å². The van der Waals surface area contributed by atoms with Crippen molar-refractivity contribution in [2.24, 2.45) is 5.10 Å². The monoisotopic (exact) mass is 199 g/mol. The molecule has 76 valence electrons. The van der Waals surface area contributed by atoms with Gasteiger partial charge in [0, 0.05) is 20.3 Å². The van der Waals surface area contributed by atoms with Crippen LogP contribution in [0.4, 0.5) is 0 Å². The molecule has 0 heterocycles. The highest BCUT2D eigenvalue weighted by Gasteiger charge is 1.96. The first kappa shape index (κ1) is 11.0. The van der Waals surface area contributed by atoms with Crippen molar-refractivity contribution in [3.8, 4) is 6.07 Å². The zero-order valence-electron chi connectivity index (χ0n) is 8.88. The van der Waals surface area contributed by atoms with Crippen molar-refractivity contribution < 1.29 is 0 Å². The molecule has 0 N–H and O–H groups in total. The molecule has 0 unspecified atom stereocenters. The van der Waals surface area contributed by atoms with Crippen molar-refractivity contribution in [1.29, 1.82) is 5.26 Å². The topological polar surface area (TPSA) is 39.4 Å². The van der Waals surface area contributed by atoms with E-state index >= 15 is 0 Å². The van der Waals surface area contributed by atoms with Crippen molar-refractivity contribution in [1.82, 2.24) is 5.01 Å². The average Bonchev–Trinajstić information content (AvgIpc) is 2.25. The van der Waals surface area contributed by atoms with Gasteiger partial charge in [0.05, 0.1) is 11.6 Å². The number of hydrogen-bond acceptors (Lipinski definition) is 3. The summed E-state index contributed by atoms with van der Waals surface area (Å²) in [5, 5.41) is 14.6. The van der Waals surface area contributed by atoms with Gasteiger partial charge in [-0.25, -0.2) is 0 Å². The van der Waals surface area contributed by atoms with Crippen LogP contribution in [0, 0.1) is 11.3 Å². The van der Waals surface area contributed by atoms with Crippen LogP contribution >= 0.6 is 0 Å². The Balaban J connectivity index is 2.87. The van der Waals surface area contributed by atoms with Gasteiger partial charge < -0.3 is 5.01 Å². The summed E-state index contributed by atoms with van der Waals surface area (Å²) in [6.45, 7) is 0. The summed E-state index contributed by atoms with van der Waals surface area (Å²) in [6, 6.07) is 11.7. The highest BCUT2D eigenvalue weighted by atomic mass is 15.4. The van der Waals surface area contributed by atoms with E-state index in [2.05, 4.69) is 11.2 Å². The standard InChI is InChI=1S/C12H13N3/c1-15(2)14-9-8-12(10-13)11-6-4-3-5-7-11/h3-9H,1-2H3. The van der Waals surface area contributed by atoms with E-state index in [0.717, 1.165) is 5.56 Å². The molecule has 0 saturated heterocycles. The molecule has 0 fully saturated rings. The second-order valence-corrected chi connectivity index (χ2v) is 3.17. The molecule has 3 nitrogen and oxygen atoms in total. The third-order valence-corrected chi connectivity index (χ3v) is 1.74. The van der Waals surface area contributed by atoms with Crippen LogP contribution in [0.1, 0.15) is 5.56 Å². The second-order valence-electron chi connectivity index (χ2n) is 3.17. The lowest BCUT2D eigenvalue weighted by atomic mass is 10.1. The number of hydrogen-bond donors (Lipinski definition) is 0. The van der Waals surface area contributed by atoms with Gasteiger partial charge in [-0.05, 0) is 11.6 Å². The molecule has 0 aliphatic carbocycles. The van der Waals surface area contributed by atoms with Crippen LogP contribution in [0.25, 0.3) is 5.57 Å². The first-order valence-corrected chi connectivity index (χ1v) is 4.61. The smallest absolute Gasteiger partial charge is 0.0998 e. The largest absolute Gasteiger partial charge is 0.303 e. The maximum atomic E-state index is 8.95. The zero-order chi connectivity index (χ0) is 11.1. The van der Waals surface area contributed by atoms with Crippen molar-refractivity contribution in [2.75, 3.05) is 14.1 Å². The molecule has 0 radical (unpaired) electrons. The lowest BCUT2D eigenvalue weighted by molar-refractivity contribution is 0.440. The summed E-state index contributed by atoms with van der Waals surface area (Å²) < 4.78 is 0. The maximum absolute atomic E-state index is 8.95. The van der Waals surface area contributed by atoms with Crippen LogP contribution in [-0.4, -0.2) is 25.3 Å². The fraction of sp³-hybridized carbons (Fsp3) is 0.167. The molecule has 0 spiro atoms. The summed E-state index contributed by atoms with van der Waals surface area (Å²) in [4.78, 5) is 0. The fourth-order valence-electron chi connectivity index (χ4n) is 1.06. The van der Waals surface area contributed by atoms with Crippen LogP contribution in [0.3, 0.4) is 0 Å². The van der Waals surface area contributed by atoms with Gasteiger partial charge in [-0.2, -0.15) is 10.4 Å². The lowest BCUT2D eigenvalue weighted by Crippen LogP contribution is -2.00. The molecule has 0 aliphatic rings. The summed E-state index contributed by atoms with van der Waals surface area (Å²) in [6.07, 6.45) is 3.32. The van der Waals surface area contributed by atoms with E-state index in [-0.39, 0.29) is 0 Å². The van der Waals surface area contributed by atoms with E-state index in [1.54, 1.807) is 17.3 Å². The molecule has 0 aliphatic heterocycles. The van der Waals surface area contributed by atoms with Crippen LogP contribution in [0.15, 0.2) is 41.5 Å². The highest BCUT2D eigenvalue weighted by Crippen LogP contribution is 2.11. The minimum atomic E-state index is 0.612. The quantitative estimate of drug-likeness (QED) is 0.425. The van der Waals surface area contributed by atoms with Crippen LogP contribution in [0.5, 0.6) is 0 Å². The molecule has 0 atom stereocenters. The Kier molecular flexibility index (Phi) is 4.11. The first-order valence-electron chi connectivity index (χ1n) is 4.61. The van der Waals surface area contributed by atoms with Gasteiger partial charge in [0.2, 0.25) is 0 Å². The van der Waals surface area contributed by atoms with Crippen LogP contribution < -0.4 is 0 Å². The molecule has 3 heteroatoms. The summed E-state index contributed by atoms with van der Waals surface area (Å²) in [5.41, 5.74) is 1.52. The van der Waals surface area contributed by atoms with Gasteiger partial charge in [0.15, 0.2) is 0 Å². The highest BCUT2D eigenvalue weighted by molar-refractivity contribution is 5.89. The lowest BCUT2D eigenvalue weighted by Gasteiger charge is -2.00. The summed E-state index contributed by atoms with van der Waals surface area (Å²) in [5.74, 6) is 0. The third-order valence-electron chi connectivity index (χ3n) is 1.74. The molecule has 0 saturated carbocycles. The second kappa shape index (κ2) is 5.61. The Bertz CT molecular complexity index is 397. The van der Waals surface area contributed by atoms with Gasteiger partial charge in [-0.15, -0.1) is 0 Å². The van der Waals surface area contributed by atoms with Gasteiger partial charge in [0.25, 0.3) is 0 Å². The van der Waals surface area contributed by atoms with Crippen molar-refractivity contribution in [3.05, 3.63) is 42.0 Å². The Morgan fingerprint density at radius 2 is 2.00 bits per heavy atom. The van der Waals surface area contributed by atoms with Crippen LogP contribution in [-0.2, 0) is 0 Å². The molecular weight excluding hydrogens is 186 g/mol. The fourth-order valence-corrected chi connectivity index (χ4v) is 1.06. The zero-order valence-corrected chi connectivity index (χ0v) is 8.88. The van der Waals surface area contributed by atoms with E-state index in [1.165, 1.54) is 0 Å². The molecule has 0 bridgehead atoms. The van der Waals surface area contributed by atoms with Gasteiger partial charge in [-0.3, -0.25) is 0 Å². The van der Waals surface area contributed by atoms with E-state index in [9.17, 15) is 0 Å². The third kappa shape index (κ3) is 3.65.